The molecule has 1 aliphatic carbocycles. The van der Waals surface area contributed by atoms with E-state index < -0.39 is 18.1 Å². The lowest BCUT2D eigenvalue weighted by atomic mass is 9.83. The highest BCUT2D eigenvalue weighted by atomic mass is 35.5. The third kappa shape index (κ3) is 4.36. The Morgan fingerprint density at radius 3 is 2.62 bits per heavy atom. The molecule has 0 spiro atoms. The van der Waals surface area contributed by atoms with Gasteiger partial charge in [-0.25, -0.2) is 0 Å². The Balaban J connectivity index is 2.13. The van der Waals surface area contributed by atoms with Crippen LogP contribution in [-0.2, 0) is 0 Å². The van der Waals surface area contributed by atoms with E-state index in [9.17, 15) is 13.2 Å². The average Bonchev–Trinajstić information content (AvgIpc) is 2.44. The van der Waals surface area contributed by atoms with E-state index in [1.165, 1.54) is 0 Å². The van der Waals surface area contributed by atoms with E-state index in [2.05, 4.69) is 5.32 Å². The minimum Gasteiger partial charge on any atom is -0.307 e. The van der Waals surface area contributed by atoms with Gasteiger partial charge in [0.25, 0.3) is 0 Å². The van der Waals surface area contributed by atoms with Crippen LogP contribution < -0.4 is 5.32 Å². The number of nitrogens with one attached hydrogen (secondary N) is 1. The monoisotopic (exact) mass is 319 g/mol. The molecule has 5 heteroatoms. The van der Waals surface area contributed by atoms with E-state index in [-0.39, 0.29) is 12.5 Å². The van der Waals surface area contributed by atoms with Crippen molar-refractivity contribution in [3.8, 4) is 0 Å². The van der Waals surface area contributed by atoms with Gasteiger partial charge in [-0.15, -0.1) is 0 Å². The molecule has 3 unspecified atom stereocenters. The van der Waals surface area contributed by atoms with Crippen molar-refractivity contribution in [2.45, 2.75) is 57.3 Å². The fourth-order valence-electron chi connectivity index (χ4n) is 3.15. The Labute approximate surface area is 128 Å². The maximum Gasteiger partial charge on any atom is 0.393 e. The highest BCUT2D eigenvalue weighted by Crippen LogP contribution is 2.38. The van der Waals surface area contributed by atoms with Gasteiger partial charge in [-0.3, -0.25) is 0 Å². The Kier molecular flexibility index (Phi) is 5.55. The molecule has 21 heavy (non-hydrogen) atoms. The normalized spacial score (nSPS) is 24.8. The predicted molar refractivity (Wildman–Crippen MR) is 79.4 cm³/mol. The highest BCUT2D eigenvalue weighted by Gasteiger charge is 2.45. The molecule has 0 amide bonds. The molecular formula is C16H21ClF3N. The second-order valence-electron chi connectivity index (χ2n) is 5.72. The van der Waals surface area contributed by atoms with Crippen molar-refractivity contribution in [3.05, 3.63) is 34.9 Å². The van der Waals surface area contributed by atoms with Gasteiger partial charge in [0, 0.05) is 17.1 Å². The Hall–Kier alpha value is -0.740. The van der Waals surface area contributed by atoms with Gasteiger partial charge >= 0.3 is 6.18 Å². The summed E-state index contributed by atoms with van der Waals surface area (Å²) >= 11 is 5.98. The van der Waals surface area contributed by atoms with Gasteiger partial charge in [-0.1, -0.05) is 43.5 Å². The highest BCUT2D eigenvalue weighted by molar-refractivity contribution is 6.30. The summed E-state index contributed by atoms with van der Waals surface area (Å²) in [5.74, 6) is -1.24. The summed E-state index contributed by atoms with van der Waals surface area (Å²) in [5, 5.41) is 3.84. The number of hydrogen-bond acceptors (Lipinski definition) is 1. The smallest absolute Gasteiger partial charge is 0.307 e. The summed E-state index contributed by atoms with van der Waals surface area (Å²) in [7, 11) is 0. The maximum atomic E-state index is 13.2. The van der Waals surface area contributed by atoms with Crippen LogP contribution in [0.3, 0.4) is 0 Å². The predicted octanol–water partition coefficient (Wildman–Crippen LogP) is 5.50. The minimum absolute atomic E-state index is 0.0864. The molecule has 1 N–H and O–H groups in total. The van der Waals surface area contributed by atoms with E-state index in [4.69, 9.17) is 11.6 Å². The minimum atomic E-state index is -4.12. The number of benzene rings is 1. The van der Waals surface area contributed by atoms with Crippen molar-refractivity contribution in [2.75, 3.05) is 0 Å². The molecule has 0 bridgehead atoms. The molecule has 0 saturated heterocycles. The van der Waals surface area contributed by atoms with E-state index in [0.717, 1.165) is 18.4 Å². The van der Waals surface area contributed by atoms with Crippen molar-refractivity contribution in [3.63, 3.8) is 0 Å². The fraction of sp³-hybridized carbons (Fsp3) is 0.625. The van der Waals surface area contributed by atoms with E-state index >= 15 is 0 Å². The first-order valence-electron chi connectivity index (χ1n) is 7.50. The van der Waals surface area contributed by atoms with Gasteiger partial charge in [0.1, 0.15) is 0 Å². The first-order valence-corrected chi connectivity index (χ1v) is 7.88. The maximum absolute atomic E-state index is 13.2. The molecular weight excluding hydrogens is 299 g/mol. The van der Waals surface area contributed by atoms with Gasteiger partial charge in [0.15, 0.2) is 0 Å². The van der Waals surface area contributed by atoms with Crippen LogP contribution in [0.25, 0.3) is 0 Å². The van der Waals surface area contributed by atoms with E-state index in [1.807, 2.05) is 25.1 Å². The molecule has 118 valence electrons. The lowest BCUT2D eigenvalue weighted by Gasteiger charge is -2.36. The molecule has 3 atom stereocenters. The van der Waals surface area contributed by atoms with Gasteiger partial charge < -0.3 is 5.32 Å². The quantitative estimate of drug-likeness (QED) is 0.772. The largest absolute Gasteiger partial charge is 0.393 e. The summed E-state index contributed by atoms with van der Waals surface area (Å²) in [4.78, 5) is 0. The van der Waals surface area contributed by atoms with Gasteiger partial charge in [-0.05, 0) is 37.0 Å². The number of hydrogen-bond donors (Lipinski definition) is 1. The first kappa shape index (κ1) is 16.6. The van der Waals surface area contributed by atoms with Crippen LogP contribution in [0, 0.1) is 5.92 Å². The molecule has 1 aliphatic rings. The lowest BCUT2D eigenvalue weighted by Crippen LogP contribution is -2.46. The summed E-state index contributed by atoms with van der Waals surface area (Å²) < 4.78 is 39.5. The van der Waals surface area contributed by atoms with Crippen LogP contribution in [0.1, 0.15) is 50.6 Å². The molecule has 1 aromatic carbocycles. The van der Waals surface area contributed by atoms with Crippen molar-refractivity contribution in [1.82, 2.24) is 5.32 Å². The van der Waals surface area contributed by atoms with Crippen molar-refractivity contribution in [2.24, 2.45) is 5.92 Å². The molecule has 1 fully saturated rings. The van der Waals surface area contributed by atoms with E-state index in [1.54, 1.807) is 6.07 Å². The number of alkyl halides is 3. The molecule has 1 nitrogen and oxygen atoms in total. The Bertz CT molecular complexity index is 461. The van der Waals surface area contributed by atoms with Crippen LogP contribution in [0.15, 0.2) is 24.3 Å². The summed E-state index contributed by atoms with van der Waals surface area (Å²) in [6.07, 6.45) is -1.05. The van der Waals surface area contributed by atoms with Crippen molar-refractivity contribution < 1.29 is 13.2 Å². The molecule has 2 rings (SSSR count). The zero-order chi connectivity index (χ0) is 15.5. The second-order valence-corrected chi connectivity index (χ2v) is 6.16. The Morgan fingerprint density at radius 1 is 1.29 bits per heavy atom. The SMILES string of the molecule is CCC(NC1CCCCC1C(F)(F)F)c1cccc(Cl)c1. The first-order chi connectivity index (χ1) is 9.91. The average molecular weight is 320 g/mol. The molecule has 0 heterocycles. The van der Waals surface area contributed by atoms with E-state index in [0.29, 0.717) is 17.9 Å². The van der Waals surface area contributed by atoms with Crippen molar-refractivity contribution in [1.29, 1.82) is 0 Å². The molecule has 0 radical (unpaired) electrons. The standard InChI is InChI=1S/C16H21ClF3N/c1-2-14(11-6-5-7-12(17)10-11)21-15-9-4-3-8-13(15)16(18,19)20/h5-7,10,13-15,21H,2-4,8-9H2,1H3. The van der Waals surface area contributed by atoms with Gasteiger partial charge in [0.05, 0.1) is 5.92 Å². The van der Waals surface area contributed by atoms with Gasteiger partial charge in [-0.2, -0.15) is 13.2 Å². The molecule has 1 aromatic rings. The third-order valence-electron chi connectivity index (χ3n) is 4.26. The zero-order valence-electron chi connectivity index (χ0n) is 12.1. The zero-order valence-corrected chi connectivity index (χ0v) is 12.8. The number of halogens is 4. The van der Waals surface area contributed by atoms with Crippen LogP contribution in [0.5, 0.6) is 0 Å². The number of rotatable bonds is 4. The third-order valence-corrected chi connectivity index (χ3v) is 4.50. The van der Waals surface area contributed by atoms with Crippen LogP contribution in [-0.4, -0.2) is 12.2 Å². The lowest BCUT2D eigenvalue weighted by molar-refractivity contribution is -0.189. The summed E-state index contributed by atoms with van der Waals surface area (Å²) in [6.45, 7) is 1.98. The van der Waals surface area contributed by atoms with Gasteiger partial charge in [0.2, 0.25) is 0 Å². The van der Waals surface area contributed by atoms with Crippen LogP contribution in [0.2, 0.25) is 5.02 Å². The fourth-order valence-corrected chi connectivity index (χ4v) is 3.35. The second kappa shape index (κ2) is 7.01. The Morgan fingerprint density at radius 2 is 2.00 bits per heavy atom. The van der Waals surface area contributed by atoms with Crippen molar-refractivity contribution >= 4 is 11.6 Å². The molecule has 0 aromatic heterocycles. The molecule has 1 saturated carbocycles. The molecule has 0 aliphatic heterocycles. The van der Waals surface area contributed by atoms with Crippen LogP contribution >= 0.6 is 11.6 Å². The summed E-state index contributed by atoms with van der Waals surface area (Å²) in [6, 6.07) is 6.77. The summed E-state index contributed by atoms with van der Waals surface area (Å²) in [5.41, 5.74) is 0.955. The van der Waals surface area contributed by atoms with Crippen LogP contribution in [0.4, 0.5) is 13.2 Å². The topological polar surface area (TPSA) is 12.0 Å².